The van der Waals surface area contributed by atoms with Gasteiger partial charge in [-0.1, -0.05) is 59.6 Å². The standard InChI is InChI=1S/C16H28N2O8S2.C13H23N3O3S.C4H10N2O.C4H8O/c1-15(2,3)25-13(23)17-9(11(19)20)7-27-28-8-10(12(21)22)18-14(24)26-16(4,5)6;1-8(2)10-15-11(19-16-10)9(7-20-6)14-12(17)18-13(3,4)5;1-3(2)4(5)6-7;1-2-4-5-3-1/h9-10H,7-8H2,1-6H3,(H,17,23)(H,18,24)(H,19,20)(H,21,22);8-9H,7H2,1-6H3,(H,14,17);3,7H,1-2H3,(H2,5,6);1-4H2/t9-,10+;9-;;/m.0../s1. The molecule has 0 aliphatic carbocycles. The third-order valence-electron chi connectivity index (χ3n) is 6.36. The van der Waals surface area contributed by atoms with Crippen LogP contribution >= 0.6 is 33.3 Å². The number of nitrogens with two attached hydrogens (primary N) is 1. The number of carboxylic acid groups (broad SMARTS) is 2. The van der Waals surface area contributed by atoms with E-state index in [1.807, 2.05) is 54.7 Å². The normalized spacial score (nSPS) is 14.4. The Kier molecular flexibility index (Phi) is 28.6. The summed E-state index contributed by atoms with van der Waals surface area (Å²) in [5.74, 6) is -0.268. The molecule has 0 radical (unpaired) electrons. The number of rotatable bonds is 15. The molecular formula is C37H69N7O13S3. The van der Waals surface area contributed by atoms with Crippen LogP contribution in [-0.2, 0) is 28.5 Å². The number of amides is 3. The van der Waals surface area contributed by atoms with Crippen molar-refractivity contribution in [2.24, 2.45) is 16.8 Å². The first-order chi connectivity index (χ1) is 27.5. The van der Waals surface area contributed by atoms with E-state index in [2.05, 4.69) is 31.2 Å². The summed E-state index contributed by atoms with van der Waals surface area (Å²) < 4.78 is 25.4. The second-order valence-electron chi connectivity index (χ2n) is 16.4. The number of hydrogen-bond acceptors (Lipinski definition) is 17. The summed E-state index contributed by atoms with van der Waals surface area (Å²) in [5, 5.41) is 40.3. The molecule has 348 valence electrons. The van der Waals surface area contributed by atoms with Crippen LogP contribution in [-0.4, -0.2) is 127 Å². The van der Waals surface area contributed by atoms with E-state index in [0.717, 1.165) is 34.8 Å². The number of hydrogen-bond donors (Lipinski definition) is 7. The SMILES string of the molecule is C1CCOC1.CC(C)(C)OC(=O)N[C@@H](CSSC[C@@H](NC(=O)OC(C)(C)C)C(=O)O)C(=O)O.CC(C)/C(N)=N/O.CSC[C@H](NC(=O)OC(C)(C)C)c1nc(C(C)C)no1. The van der Waals surface area contributed by atoms with Crippen molar-refractivity contribution in [1.82, 2.24) is 26.1 Å². The minimum Gasteiger partial charge on any atom is -0.480 e. The average molecular weight is 916 g/mol. The summed E-state index contributed by atoms with van der Waals surface area (Å²) in [6.07, 6.45) is 2.30. The highest BCUT2D eigenvalue weighted by Gasteiger charge is 2.27. The molecule has 1 saturated heterocycles. The van der Waals surface area contributed by atoms with Crippen molar-refractivity contribution >= 4 is 69.4 Å². The highest BCUT2D eigenvalue weighted by atomic mass is 33.1. The number of aromatic nitrogens is 2. The lowest BCUT2D eigenvalue weighted by molar-refractivity contribution is -0.139. The lowest BCUT2D eigenvalue weighted by atomic mass is 10.2. The predicted octanol–water partition coefficient (Wildman–Crippen LogP) is 6.63. The fraction of sp³-hybridized carbons (Fsp3) is 0.784. The fourth-order valence-electron chi connectivity index (χ4n) is 3.52. The van der Waals surface area contributed by atoms with Crippen LogP contribution in [0.3, 0.4) is 0 Å². The number of thioether (sulfide) groups is 1. The van der Waals surface area contributed by atoms with Crippen LogP contribution in [0.1, 0.15) is 127 Å². The molecule has 1 fully saturated rings. The maximum atomic E-state index is 11.8. The van der Waals surface area contributed by atoms with Gasteiger partial charge in [0.05, 0.1) is 0 Å². The van der Waals surface area contributed by atoms with Gasteiger partial charge in [-0.05, 0) is 81.4 Å². The summed E-state index contributed by atoms with van der Waals surface area (Å²) in [5.41, 5.74) is 3.05. The van der Waals surface area contributed by atoms with E-state index in [1.165, 1.54) is 12.8 Å². The van der Waals surface area contributed by atoms with Crippen LogP contribution < -0.4 is 21.7 Å². The van der Waals surface area contributed by atoms with E-state index in [1.54, 1.807) is 53.3 Å². The highest BCUT2D eigenvalue weighted by molar-refractivity contribution is 8.76. The smallest absolute Gasteiger partial charge is 0.408 e. The second-order valence-corrected chi connectivity index (χ2v) is 19.9. The number of carbonyl (C=O) groups excluding carboxylic acids is 3. The predicted molar refractivity (Wildman–Crippen MR) is 234 cm³/mol. The van der Waals surface area contributed by atoms with Gasteiger partial charge in [0.2, 0.25) is 5.89 Å². The van der Waals surface area contributed by atoms with Crippen LogP contribution in [0.25, 0.3) is 0 Å². The maximum Gasteiger partial charge on any atom is 0.408 e. The molecule has 3 amide bonds. The topological polar surface area (TPSA) is 296 Å². The van der Waals surface area contributed by atoms with Gasteiger partial charge in [-0.3, -0.25) is 0 Å². The van der Waals surface area contributed by atoms with Gasteiger partial charge in [0.1, 0.15) is 40.8 Å². The molecule has 1 aliphatic heterocycles. The largest absolute Gasteiger partial charge is 0.480 e. The van der Waals surface area contributed by atoms with Gasteiger partial charge in [-0.15, -0.1) is 0 Å². The number of alkyl carbamates (subject to hydrolysis) is 3. The van der Waals surface area contributed by atoms with E-state index >= 15 is 0 Å². The van der Waals surface area contributed by atoms with Crippen LogP contribution in [0.15, 0.2) is 9.68 Å². The van der Waals surface area contributed by atoms with Crippen molar-refractivity contribution in [3.05, 3.63) is 11.7 Å². The van der Waals surface area contributed by atoms with Gasteiger partial charge in [0.25, 0.3) is 0 Å². The first-order valence-electron chi connectivity index (χ1n) is 19.1. The Bertz CT molecular complexity index is 1400. The number of oxime groups is 1. The van der Waals surface area contributed by atoms with Crippen molar-refractivity contribution < 1.29 is 62.9 Å². The zero-order valence-electron chi connectivity index (χ0n) is 37.4. The number of aliphatic carboxylic acids is 2. The molecule has 0 spiro atoms. The molecule has 1 aromatic heterocycles. The van der Waals surface area contributed by atoms with Crippen LogP contribution in [0.2, 0.25) is 0 Å². The summed E-state index contributed by atoms with van der Waals surface area (Å²) in [6.45, 7) is 25.0. The van der Waals surface area contributed by atoms with E-state index in [9.17, 15) is 34.2 Å². The Morgan fingerprint density at radius 1 is 0.750 bits per heavy atom. The average Bonchev–Trinajstić information content (AvgIpc) is 3.83. The zero-order valence-corrected chi connectivity index (χ0v) is 39.9. The molecule has 20 nitrogen and oxygen atoms in total. The fourth-order valence-corrected chi connectivity index (χ4v) is 6.39. The molecule has 3 atom stereocenters. The molecule has 2 rings (SSSR count). The minimum absolute atomic E-state index is 0.0297. The monoisotopic (exact) mass is 915 g/mol. The Balaban J connectivity index is 0. The van der Waals surface area contributed by atoms with Crippen molar-refractivity contribution in [2.45, 2.75) is 144 Å². The van der Waals surface area contributed by atoms with Crippen LogP contribution in [0.5, 0.6) is 0 Å². The lowest BCUT2D eigenvalue weighted by Gasteiger charge is -2.22. The molecule has 23 heteroatoms. The van der Waals surface area contributed by atoms with Crippen molar-refractivity contribution in [3.63, 3.8) is 0 Å². The molecule has 0 aromatic carbocycles. The van der Waals surface area contributed by atoms with Gasteiger partial charge >= 0.3 is 30.2 Å². The van der Waals surface area contributed by atoms with Gasteiger partial charge in [-0.2, -0.15) is 16.7 Å². The van der Waals surface area contributed by atoms with Crippen molar-refractivity contribution in [1.29, 1.82) is 0 Å². The first kappa shape index (κ1) is 58.3. The second kappa shape index (κ2) is 29.4. The number of ether oxygens (including phenoxy) is 4. The quantitative estimate of drug-likeness (QED) is 0.0185. The third-order valence-corrected chi connectivity index (χ3v) is 9.45. The van der Waals surface area contributed by atoms with Crippen molar-refractivity contribution in [3.8, 4) is 0 Å². The van der Waals surface area contributed by atoms with E-state index < -0.39 is 59.1 Å². The molecule has 2 heterocycles. The molecule has 1 aliphatic rings. The minimum atomic E-state index is -1.25. The number of carboxylic acids is 2. The molecule has 1 aromatic rings. The van der Waals surface area contributed by atoms with Gasteiger partial charge in [0, 0.05) is 42.3 Å². The summed E-state index contributed by atoms with van der Waals surface area (Å²) >= 11 is 1.58. The first-order valence-corrected chi connectivity index (χ1v) is 23.0. The van der Waals surface area contributed by atoms with Crippen molar-refractivity contribution in [2.75, 3.05) is 36.7 Å². The molecular weight excluding hydrogens is 847 g/mol. The molecule has 8 N–H and O–H groups in total. The molecule has 0 saturated carbocycles. The summed E-state index contributed by atoms with van der Waals surface area (Å²) in [6, 6.07) is -2.77. The molecule has 0 unspecified atom stereocenters. The summed E-state index contributed by atoms with van der Waals surface area (Å²) in [4.78, 5) is 62.0. The van der Waals surface area contributed by atoms with E-state index in [0.29, 0.717) is 17.5 Å². The highest BCUT2D eigenvalue weighted by Crippen LogP contribution is 2.24. The summed E-state index contributed by atoms with van der Waals surface area (Å²) in [7, 11) is 2.09. The molecule has 0 bridgehead atoms. The zero-order chi connectivity index (χ0) is 46.9. The Labute approximate surface area is 366 Å². The number of carbonyl (C=O) groups is 5. The van der Waals surface area contributed by atoms with E-state index in [-0.39, 0.29) is 35.2 Å². The number of nitrogens with zero attached hydrogens (tertiary/aromatic N) is 3. The van der Waals surface area contributed by atoms with E-state index in [4.69, 9.17) is 34.4 Å². The third kappa shape index (κ3) is 32.0. The Hall–Kier alpha value is -3.83. The Morgan fingerprint density at radius 2 is 1.15 bits per heavy atom. The van der Waals surface area contributed by atoms with Crippen LogP contribution in [0, 0.1) is 5.92 Å². The number of nitrogens with one attached hydrogen (secondary N) is 3. The van der Waals surface area contributed by atoms with Gasteiger partial charge < -0.3 is 60.6 Å². The van der Waals surface area contributed by atoms with Crippen LogP contribution in [0.4, 0.5) is 14.4 Å². The lowest BCUT2D eigenvalue weighted by Crippen LogP contribution is -2.45. The maximum absolute atomic E-state index is 11.8. The van der Waals surface area contributed by atoms with Gasteiger partial charge in [0.15, 0.2) is 5.82 Å². The molecule has 60 heavy (non-hydrogen) atoms. The Morgan fingerprint density at radius 3 is 1.40 bits per heavy atom. The number of amidine groups is 1. The van der Waals surface area contributed by atoms with Gasteiger partial charge in [-0.25, -0.2) is 24.0 Å².